The monoisotopic (exact) mass is 269 g/mol. The number of halogens is 3. The third kappa shape index (κ3) is 2.25. The Labute approximate surface area is 106 Å². The SMILES string of the molecule is CCC(=O)c1c[nH]c2cccc(C(F)(F)F)c2c1=O. The molecular formula is C13H10F3NO2. The van der Waals surface area contributed by atoms with Crippen molar-refractivity contribution in [3.8, 4) is 0 Å². The average Bonchev–Trinajstić information content (AvgIpc) is 2.36. The first-order chi connectivity index (χ1) is 8.86. The van der Waals surface area contributed by atoms with E-state index in [2.05, 4.69) is 4.98 Å². The molecule has 0 fully saturated rings. The summed E-state index contributed by atoms with van der Waals surface area (Å²) in [5, 5.41) is -0.491. The molecule has 0 aliphatic heterocycles. The summed E-state index contributed by atoms with van der Waals surface area (Å²) in [4.78, 5) is 26.2. The van der Waals surface area contributed by atoms with E-state index >= 15 is 0 Å². The lowest BCUT2D eigenvalue weighted by Crippen LogP contribution is -2.19. The number of rotatable bonds is 2. The van der Waals surface area contributed by atoms with Gasteiger partial charge in [0.2, 0.25) is 5.43 Å². The molecule has 0 saturated heterocycles. The maximum atomic E-state index is 12.9. The third-order valence-electron chi connectivity index (χ3n) is 2.84. The molecule has 2 rings (SSSR count). The van der Waals surface area contributed by atoms with Gasteiger partial charge in [-0.05, 0) is 12.1 Å². The van der Waals surface area contributed by atoms with Gasteiger partial charge in [-0.1, -0.05) is 13.0 Å². The first-order valence-electron chi connectivity index (χ1n) is 5.61. The quantitative estimate of drug-likeness (QED) is 0.851. The number of alkyl halides is 3. The predicted octanol–water partition coefficient (Wildman–Crippen LogP) is 3.14. The van der Waals surface area contributed by atoms with Crippen LogP contribution >= 0.6 is 0 Å². The molecule has 1 N–H and O–H groups in total. The van der Waals surface area contributed by atoms with Crippen LogP contribution in [0.3, 0.4) is 0 Å². The number of hydrogen-bond donors (Lipinski definition) is 1. The summed E-state index contributed by atoms with van der Waals surface area (Å²) in [6.45, 7) is 1.54. The highest BCUT2D eigenvalue weighted by Gasteiger charge is 2.33. The Bertz CT molecular complexity index is 701. The number of carbonyl (C=O) groups excluding carboxylic acids is 1. The second-order valence-corrected chi connectivity index (χ2v) is 4.03. The Balaban J connectivity index is 2.88. The molecule has 0 amide bonds. The van der Waals surface area contributed by atoms with Crippen molar-refractivity contribution in [3.05, 3.63) is 45.7 Å². The van der Waals surface area contributed by atoms with Gasteiger partial charge in [-0.3, -0.25) is 9.59 Å². The summed E-state index contributed by atoms with van der Waals surface area (Å²) in [6.07, 6.45) is -3.42. The Kier molecular flexibility index (Phi) is 3.18. The molecule has 0 radical (unpaired) electrons. The molecule has 100 valence electrons. The van der Waals surface area contributed by atoms with Crippen molar-refractivity contribution in [2.24, 2.45) is 0 Å². The molecular weight excluding hydrogens is 259 g/mol. The molecule has 6 heteroatoms. The van der Waals surface area contributed by atoms with Gasteiger partial charge >= 0.3 is 6.18 Å². The van der Waals surface area contributed by atoms with Crippen LogP contribution in [0.15, 0.2) is 29.2 Å². The molecule has 0 spiro atoms. The molecule has 0 atom stereocenters. The van der Waals surface area contributed by atoms with E-state index in [0.29, 0.717) is 0 Å². The molecule has 19 heavy (non-hydrogen) atoms. The van der Waals surface area contributed by atoms with Crippen molar-refractivity contribution in [3.63, 3.8) is 0 Å². The second kappa shape index (κ2) is 4.53. The van der Waals surface area contributed by atoms with Crippen LogP contribution in [0.5, 0.6) is 0 Å². The van der Waals surface area contributed by atoms with Crippen LogP contribution in [0.4, 0.5) is 13.2 Å². The van der Waals surface area contributed by atoms with E-state index in [1.54, 1.807) is 6.92 Å². The number of carbonyl (C=O) groups is 1. The van der Waals surface area contributed by atoms with Gasteiger partial charge in [0, 0.05) is 18.1 Å². The molecule has 0 aliphatic carbocycles. The van der Waals surface area contributed by atoms with Gasteiger partial charge < -0.3 is 4.98 Å². The summed E-state index contributed by atoms with van der Waals surface area (Å²) < 4.78 is 38.6. The Morgan fingerprint density at radius 2 is 2.00 bits per heavy atom. The number of pyridine rings is 1. The number of Topliss-reactive ketones (excluding diaryl/α,β-unsaturated/α-hetero) is 1. The molecule has 0 aliphatic rings. The van der Waals surface area contributed by atoms with Gasteiger partial charge in [-0.2, -0.15) is 13.2 Å². The lowest BCUT2D eigenvalue weighted by atomic mass is 10.0. The summed E-state index contributed by atoms with van der Waals surface area (Å²) in [5.74, 6) is -0.486. The fourth-order valence-electron chi connectivity index (χ4n) is 1.90. The van der Waals surface area contributed by atoms with Crippen molar-refractivity contribution in [1.82, 2.24) is 4.98 Å². The van der Waals surface area contributed by atoms with Crippen molar-refractivity contribution < 1.29 is 18.0 Å². The predicted molar refractivity (Wildman–Crippen MR) is 64.2 cm³/mol. The minimum absolute atomic E-state index is 0.0583. The van der Waals surface area contributed by atoms with E-state index in [1.165, 1.54) is 12.1 Å². The lowest BCUT2D eigenvalue weighted by molar-refractivity contribution is -0.136. The summed E-state index contributed by atoms with van der Waals surface area (Å²) in [6, 6.07) is 3.41. The van der Waals surface area contributed by atoms with E-state index in [9.17, 15) is 22.8 Å². The number of hydrogen-bond acceptors (Lipinski definition) is 2. The van der Waals surface area contributed by atoms with Gasteiger partial charge in [0.05, 0.1) is 16.5 Å². The van der Waals surface area contributed by atoms with Crippen LogP contribution in [0.25, 0.3) is 10.9 Å². The Morgan fingerprint density at radius 3 is 2.58 bits per heavy atom. The standard InChI is InChI=1S/C13H10F3NO2/c1-2-10(18)7-6-17-9-5-3-4-8(13(14,15)16)11(9)12(7)19/h3-6H,2H2,1H3,(H,17,19). The van der Waals surface area contributed by atoms with Crippen molar-refractivity contribution >= 4 is 16.7 Å². The summed E-state index contributed by atoms with van der Waals surface area (Å²) in [5.41, 5.74) is -2.09. The lowest BCUT2D eigenvalue weighted by Gasteiger charge is -2.10. The maximum absolute atomic E-state index is 12.9. The third-order valence-corrected chi connectivity index (χ3v) is 2.84. The molecule has 2 aromatic rings. The van der Waals surface area contributed by atoms with E-state index in [0.717, 1.165) is 12.3 Å². The molecule has 1 heterocycles. The van der Waals surface area contributed by atoms with E-state index in [-0.39, 0.29) is 17.5 Å². The zero-order valence-corrected chi connectivity index (χ0v) is 9.97. The molecule has 3 nitrogen and oxygen atoms in total. The highest BCUT2D eigenvalue weighted by Crippen LogP contribution is 2.32. The van der Waals surface area contributed by atoms with E-state index in [1.807, 2.05) is 0 Å². The zero-order chi connectivity index (χ0) is 14.2. The van der Waals surface area contributed by atoms with Crippen molar-refractivity contribution in [1.29, 1.82) is 0 Å². The number of aromatic nitrogens is 1. The fraction of sp³-hybridized carbons (Fsp3) is 0.231. The van der Waals surface area contributed by atoms with Crippen LogP contribution in [0, 0.1) is 0 Å². The van der Waals surface area contributed by atoms with Crippen LogP contribution in [0.1, 0.15) is 29.3 Å². The number of H-pyrrole nitrogens is 1. The largest absolute Gasteiger partial charge is 0.417 e. The van der Waals surface area contributed by atoms with Gasteiger partial charge in [-0.25, -0.2) is 0 Å². The normalized spacial score (nSPS) is 11.8. The second-order valence-electron chi connectivity index (χ2n) is 4.03. The van der Waals surface area contributed by atoms with Crippen LogP contribution in [-0.4, -0.2) is 10.8 Å². The Hall–Kier alpha value is -2.11. The number of aromatic amines is 1. The number of nitrogens with one attached hydrogen (secondary N) is 1. The zero-order valence-electron chi connectivity index (χ0n) is 9.97. The smallest absolute Gasteiger partial charge is 0.360 e. The average molecular weight is 269 g/mol. The van der Waals surface area contributed by atoms with Crippen LogP contribution in [-0.2, 0) is 6.18 Å². The van der Waals surface area contributed by atoms with Crippen molar-refractivity contribution in [2.75, 3.05) is 0 Å². The Morgan fingerprint density at radius 1 is 1.32 bits per heavy atom. The number of ketones is 1. The first kappa shape index (κ1) is 13.3. The number of benzene rings is 1. The van der Waals surface area contributed by atoms with Gasteiger partial charge in [0.1, 0.15) is 0 Å². The minimum atomic E-state index is -4.64. The summed E-state index contributed by atoms with van der Waals surface area (Å²) in [7, 11) is 0. The van der Waals surface area contributed by atoms with Crippen LogP contribution < -0.4 is 5.43 Å². The van der Waals surface area contributed by atoms with E-state index < -0.39 is 28.3 Å². The highest BCUT2D eigenvalue weighted by molar-refractivity contribution is 5.99. The van der Waals surface area contributed by atoms with Gasteiger partial charge in [0.15, 0.2) is 5.78 Å². The molecule has 0 unspecified atom stereocenters. The fourth-order valence-corrected chi connectivity index (χ4v) is 1.90. The van der Waals surface area contributed by atoms with Crippen molar-refractivity contribution in [2.45, 2.75) is 19.5 Å². The molecule has 0 bridgehead atoms. The van der Waals surface area contributed by atoms with E-state index in [4.69, 9.17) is 0 Å². The summed E-state index contributed by atoms with van der Waals surface area (Å²) >= 11 is 0. The molecule has 1 aromatic heterocycles. The minimum Gasteiger partial charge on any atom is -0.360 e. The maximum Gasteiger partial charge on any atom is 0.417 e. The number of fused-ring (bicyclic) bond motifs is 1. The molecule has 0 saturated carbocycles. The topological polar surface area (TPSA) is 49.9 Å². The van der Waals surface area contributed by atoms with Gasteiger partial charge in [0.25, 0.3) is 0 Å². The first-order valence-corrected chi connectivity index (χ1v) is 5.61. The highest BCUT2D eigenvalue weighted by atomic mass is 19.4. The molecule has 1 aromatic carbocycles. The van der Waals surface area contributed by atoms with Crippen LogP contribution in [0.2, 0.25) is 0 Å². The van der Waals surface area contributed by atoms with Gasteiger partial charge in [-0.15, -0.1) is 0 Å².